The molecular formula is C23H22N4O2. The second-order valence-corrected chi connectivity index (χ2v) is 6.92. The van der Waals surface area contributed by atoms with Crippen LogP contribution in [0.5, 0.6) is 11.6 Å². The number of H-pyrrole nitrogens is 1. The molecule has 146 valence electrons. The van der Waals surface area contributed by atoms with Gasteiger partial charge < -0.3 is 9.47 Å². The fourth-order valence-corrected chi connectivity index (χ4v) is 3.74. The summed E-state index contributed by atoms with van der Waals surface area (Å²) < 4.78 is 11.1. The molecule has 1 aromatic heterocycles. The number of aromatic amines is 1. The van der Waals surface area contributed by atoms with Gasteiger partial charge in [0.2, 0.25) is 11.8 Å². The maximum Gasteiger partial charge on any atom is 0.244 e. The van der Waals surface area contributed by atoms with Crippen molar-refractivity contribution in [1.29, 1.82) is 10.7 Å². The standard InChI is InChI=1S/C23H22N4O2/c1-3-14-5-7-15(8-6-14)19-18(13-24)22(25)29-23-20(19)21(26-27-23)16-9-11-17(12-10-16)28-4-2/h5-12,18-19,25H,3-4H2,1-2H3,(H,26,27). The molecule has 4 rings (SSSR count). The predicted octanol–water partition coefficient (Wildman–Crippen LogP) is 4.68. The third-order valence-electron chi connectivity index (χ3n) is 5.24. The largest absolute Gasteiger partial charge is 0.494 e. The summed E-state index contributed by atoms with van der Waals surface area (Å²) in [6, 6.07) is 18.2. The fourth-order valence-electron chi connectivity index (χ4n) is 3.74. The Kier molecular flexibility index (Phi) is 5.05. The zero-order valence-corrected chi connectivity index (χ0v) is 16.4. The SMILES string of the molecule is CCOc1ccc(-c2[nH]nc3c2C(c2ccc(CC)cc2)C(C#N)C(=N)O3)cc1. The summed E-state index contributed by atoms with van der Waals surface area (Å²) in [6.45, 7) is 4.66. The number of hydrogen-bond donors (Lipinski definition) is 2. The van der Waals surface area contributed by atoms with Crippen LogP contribution in [0.15, 0.2) is 48.5 Å². The first-order valence-electron chi connectivity index (χ1n) is 9.72. The first kappa shape index (κ1) is 18.8. The van der Waals surface area contributed by atoms with Gasteiger partial charge in [0.15, 0.2) is 0 Å². The number of fused-ring (bicyclic) bond motifs is 1. The quantitative estimate of drug-likeness (QED) is 0.666. The summed E-state index contributed by atoms with van der Waals surface area (Å²) in [6.07, 6.45) is 0.944. The van der Waals surface area contributed by atoms with E-state index in [2.05, 4.69) is 35.3 Å². The summed E-state index contributed by atoms with van der Waals surface area (Å²) in [5.74, 6) is 0.0324. The van der Waals surface area contributed by atoms with E-state index in [1.807, 2.05) is 43.3 Å². The second-order valence-electron chi connectivity index (χ2n) is 6.92. The summed E-state index contributed by atoms with van der Waals surface area (Å²) in [7, 11) is 0. The third-order valence-corrected chi connectivity index (χ3v) is 5.24. The van der Waals surface area contributed by atoms with Crippen molar-refractivity contribution < 1.29 is 9.47 Å². The summed E-state index contributed by atoms with van der Waals surface area (Å²) in [5.41, 5.74) is 4.72. The van der Waals surface area contributed by atoms with Crippen LogP contribution in [-0.2, 0) is 6.42 Å². The van der Waals surface area contributed by atoms with Crippen molar-refractivity contribution in [3.8, 4) is 29.0 Å². The van der Waals surface area contributed by atoms with E-state index in [0.717, 1.165) is 34.6 Å². The highest BCUT2D eigenvalue weighted by Crippen LogP contribution is 2.45. The number of nitrogens with one attached hydrogen (secondary N) is 2. The normalized spacial score (nSPS) is 17.9. The minimum Gasteiger partial charge on any atom is -0.494 e. The molecule has 2 unspecified atom stereocenters. The van der Waals surface area contributed by atoms with Gasteiger partial charge in [0.05, 0.1) is 23.9 Å². The van der Waals surface area contributed by atoms with Crippen LogP contribution in [0.2, 0.25) is 0 Å². The van der Waals surface area contributed by atoms with E-state index in [9.17, 15) is 5.26 Å². The lowest BCUT2D eigenvalue weighted by molar-refractivity contribution is 0.340. The Bertz CT molecular complexity index is 1060. The van der Waals surface area contributed by atoms with Crippen LogP contribution in [0.1, 0.15) is 36.5 Å². The van der Waals surface area contributed by atoms with Crippen molar-refractivity contribution in [2.75, 3.05) is 6.61 Å². The van der Waals surface area contributed by atoms with Crippen LogP contribution in [-0.4, -0.2) is 22.7 Å². The molecule has 0 radical (unpaired) electrons. The molecule has 2 heterocycles. The Morgan fingerprint density at radius 3 is 2.48 bits per heavy atom. The zero-order chi connectivity index (χ0) is 20.4. The van der Waals surface area contributed by atoms with Gasteiger partial charge in [0.1, 0.15) is 11.7 Å². The molecule has 3 aromatic rings. The molecule has 0 fully saturated rings. The van der Waals surface area contributed by atoms with Gasteiger partial charge in [-0.25, -0.2) is 0 Å². The number of aryl methyl sites for hydroxylation is 1. The van der Waals surface area contributed by atoms with E-state index in [0.29, 0.717) is 12.5 Å². The highest BCUT2D eigenvalue weighted by atomic mass is 16.5. The Balaban J connectivity index is 1.83. The molecule has 2 aromatic carbocycles. The van der Waals surface area contributed by atoms with E-state index in [1.54, 1.807) is 0 Å². The van der Waals surface area contributed by atoms with E-state index >= 15 is 0 Å². The summed E-state index contributed by atoms with van der Waals surface area (Å²) >= 11 is 0. The van der Waals surface area contributed by atoms with Crippen LogP contribution in [0.4, 0.5) is 0 Å². The minimum atomic E-state index is -0.714. The number of rotatable bonds is 5. The molecule has 2 atom stereocenters. The van der Waals surface area contributed by atoms with Crippen molar-refractivity contribution in [2.24, 2.45) is 5.92 Å². The number of benzene rings is 2. The Hall–Kier alpha value is -3.59. The number of nitriles is 1. The van der Waals surface area contributed by atoms with Gasteiger partial charge in [0.25, 0.3) is 0 Å². The van der Waals surface area contributed by atoms with Crippen LogP contribution in [0, 0.1) is 22.7 Å². The third kappa shape index (κ3) is 3.36. The van der Waals surface area contributed by atoms with Gasteiger partial charge in [-0.2, -0.15) is 5.26 Å². The highest BCUT2D eigenvalue weighted by molar-refractivity contribution is 5.86. The zero-order valence-electron chi connectivity index (χ0n) is 16.4. The molecular weight excluding hydrogens is 364 g/mol. The minimum absolute atomic E-state index is 0.0747. The molecule has 0 bridgehead atoms. The molecule has 6 nitrogen and oxygen atoms in total. The first-order valence-corrected chi connectivity index (χ1v) is 9.72. The average Bonchev–Trinajstić information content (AvgIpc) is 3.17. The molecule has 6 heteroatoms. The number of aromatic nitrogens is 2. The average molecular weight is 386 g/mol. The van der Waals surface area contributed by atoms with Crippen molar-refractivity contribution in [1.82, 2.24) is 10.2 Å². The number of ether oxygens (including phenoxy) is 2. The van der Waals surface area contributed by atoms with Gasteiger partial charge in [-0.15, -0.1) is 5.10 Å². The molecule has 0 saturated heterocycles. The van der Waals surface area contributed by atoms with Gasteiger partial charge in [-0.1, -0.05) is 31.2 Å². The smallest absolute Gasteiger partial charge is 0.244 e. The lowest BCUT2D eigenvalue weighted by atomic mass is 9.78. The van der Waals surface area contributed by atoms with Crippen LogP contribution in [0.3, 0.4) is 0 Å². The first-order chi connectivity index (χ1) is 14.2. The van der Waals surface area contributed by atoms with Crippen molar-refractivity contribution in [3.05, 3.63) is 65.2 Å². The molecule has 0 spiro atoms. The lowest BCUT2D eigenvalue weighted by Crippen LogP contribution is -2.30. The van der Waals surface area contributed by atoms with Crippen molar-refractivity contribution >= 4 is 5.90 Å². The lowest BCUT2D eigenvalue weighted by Gasteiger charge is -2.28. The topological polar surface area (TPSA) is 94.8 Å². The van der Waals surface area contributed by atoms with Gasteiger partial charge in [0, 0.05) is 11.5 Å². The van der Waals surface area contributed by atoms with Gasteiger partial charge in [-0.3, -0.25) is 10.5 Å². The molecule has 0 amide bonds. The van der Waals surface area contributed by atoms with E-state index < -0.39 is 5.92 Å². The molecule has 1 aliphatic rings. The van der Waals surface area contributed by atoms with Crippen LogP contribution >= 0.6 is 0 Å². The maximum absolute atomic E-state index is 9.80. The summed E-state index contributed by atoms with van der Waals surface area (Å²) in [5, 5.41) is 25.3. The van der Waals surface area contributed by atoms with Crippen molar-refractivity contribution in [2.45, 2.75) is 26.2 Å². The Morgan fingerprint density at radius 1 is 1.14 bits per heavy atom. The van der Waals surface area contributed by atoms with Crippen molar-refractivity contribution in [3.63, 3.8) is 0 Å². The summed E-state index contributed by atoms with van der Waals surface area (Å²) in [4.78, 5) is 0. The Labute approximate surface area is 169 Å². The van der Waals surface area contributed by atoms with E-state index in [-0.39, 0.29) is 11.8 Å². The predicted molar refractivity (Wildman–Crippen MR) is 110 cm³/mol. The molecule has 0 aliphatic carbocycles. The molecule has 1 aliphatic heterocycles. The fraction of sp³-hybridized carbons (Fsp3) is 0.261. The van der Waals surface area contributed by atoms with Gasteiger partial charge in [-0.05, 0) is 48.7 Å². The highest BCUT2D eigenvalue weighted by Gasteiger charge is 2.40. The monoisotopic (exact) mass is 386 g/mol. The van der Waals surface area contributed by atoms with E-state index in [4.69, 9.17) is 14.9 Å². The second kappa shape index (κ2) is 7.80. The molecule has 0 saturated carbocycles. The van der Waals surface area contributed by atoms with Gasteiger partial charge >= 0.3 is 0 Å². The number of hydrogen-bond acceptors (Lipinski definition) is 5. The van der Waals surface area contributed by atoms with E-state index in [1.165, 1.54) is 5.56 Å². The maximum atomic E-state index is 9.80. The molecule has 29 heavy (non-hydrogen) atoms. The van der Waals surface area contributed by atoms with Crippen LogP contribution in [0.25, 0.3) is 11.3 Å². The van der Waals surface area contributed by atoms with Crippen LogP contribution < -0.4 is 9.47 Å². The number of nitrogens with zero attached hydrogens (tertiary/aromatic N) is 2. The Morgan fingerprint density at radius 2 is 1.86 bits per heavy atom. The molecule has 2 N–H and O–H groups in total.